The summed E-state index contributed by atoms with van der Waals surface area (Å²) in [4.78, 5) is 23.6. The minimum Gasteiger partial charge on any atom is -0.366 e. The first-order valence-electron chi connectivity index (χ1n) is 8.73. The fraction of sp³-hybridized carbons (Fsp3) is 0.200. The van der Waals surface area contributed by atoms with Crippen molar-refractivity contribution in [1.82, 2.24) is 14.8 Å². The first-order chi connectivity index (χ1) is 13.4. The van der Waals surface area contributed by atoms with Crippen molar-refractivity contribution < 1.29 is 9.59 Å². The number of carbonyl (C=O) groups excluding carboxylic acids is 2. The molecule has 144 valence electrons. The van der Waals surface area contributed by atoms with Crippen LogP contribution in [0.1, 0.15) is 28.7 Å². The minimum absolute atomic E-state index is 0.163. The third-order valence-corrected chi connectivity index (χ3v) is 5.35. The molecular weight excluding hydrogens is 374 g/mol. The zero-order valence-corrected chi connectivity index (χ0v) is 16.4. The maximum absolute atomic E-state index is 12.5. The van der Waals surface area contributed by atoms with E-state index in [0.29, 0.717) is 22.8 Å². The van der Waals surface area contributed by atoms with Crippen LogP contribution in [0, 0.1) is 0 Å². The number of benzene rings is 2. The summed E-state index contributed by atoms with van der Waals surface area (Å²) in [6.45, 7) is 1.81. The minimum atomic E-state index is -0.504. The normalized spacial score (nSPS) is 11.8. The molecule has 28 heavy (non-hydrogen) atoms. The van der Waals surface area contributed by atoms with Gasteiger partial charge in [0.2, 0.25) is 11.8 Å². The van der Waals surface area contributed by atoms with Crippen molar-refractivity contribution >= 4 is 29.3 Å². The monoisotopic (exact) mass is 395 g/mol. The first kappa shape index (κ1) is 19.6. The number of hydrogen-bond acceptors (Lipinski definition) is 5. The summed E-state index contributed by atoms with van der Waals surface area (Å²) in [7, 11) is 1.90. The molecule has 0 bridgehead atoms. The predicted molar refractivity (Wildman–Crippen MR) is 109 cm³/mol. The lowest BCUT2D eigenvalue weighted by atomic mass is 10.1. The SMILES string of the molecule is C[C@H](Sc1nnc(Cc2ccccc2)n1C)C(=O)Nc1ccc(C(N)=O)cc1. The van der Waals surface area contributed by atoms with E-state index in [9.17, 15) is 9.59 Å². The van der Waals surface area contributed by atoms with E-state index in [0.717, 1.165) is 11.4 Å². The molecule has 1 heterocycles. The molecule has 8 heteroatoms. The van der Waals surface area contributed by atoms with Gasteiger partial charge in [0.15, 0.2) is 5.16 Å². The van der Waals surface area contributed by atoms with Gasteiger partial charge in [0.1, 0.15) is 5.82 Å². The third kappa shape index (κ3) is 4.77. The predicted octanol–water partition coefficient (Wildman–Crippen LogP) is 2.62. The number of nitrogens with two attached hydrogens (primary N) is 1. The van der Waals surface area contributed by atoms with Crippen molar-refractivity contribution in [3.63, 3.8) is 0 Å². The van der Waals surface area contributed by atoms with Crippen LogP contribution in [0.25, 0.3) is 0 Å². The molecule has 3 rings (SSSR count). The zero-order valence-electron chi connectivity index (χ0n) is 15.6. The van der Waals surface area contributed by atoms with Gasteiger partial charge in [0.05, 0.1) is 5.25 Å². The average Bonchev–Trinajstić information content (AvgIpc) is 3.02. The van der Waals surface area contributed by atoms with Crippen LogP contribution in [0.3, 0.4) is 0 Å². The van der Waals surface area contributed by atoms with E-state index < -0.39 is 5.91 Å². The highest BCUT2D eigenvalue weighted by atomic mass is 32.2. The van der Waals surface area contributed by atoms with Crippen molar-refractivity contribution in [2.45, 2.75) is 23.8 Å². The van der Waals surface area contributed by atoms with Crippen LogP contribution in [0.4, 0.5) is 5.69 Å². The number of nitrogens with one attached hydrogen (secondary N) is 1. The van der Waals surface area contributed by atoms with Crippen LogP contribution in [0.2, 0.25) is 0 Å². The Morgan fingerprint density at radius 1 is 1.11 bits per heavy atom. The lowest BCUT2D eigenvalue weighted by Crippen LogP contribution is -2.23. The summed E-state index contributed by atoms with van der Waals surface area (Å²) in [5.41, 5.74) is 7.37. The molecule has 7 nitrogen and oxygen atoms in total. The van der Waals surface area contributed by atoms with E-state index in [1.54, 1.807) is 24.3 Å². The Hall–Kier alpha value is -3.13. The van der Waals surface area contributed by atoms with E-state index in [-0.39, 0.29) is 11.2 Å². The van der Waals surface area contributed by atoms with Crippen LogP contribution in [-0.2, 0) is 18.3 Å². The molecule has 1 atom stereocenters. The summed E-state index contributed by atoms with van der Waals surface area (Å²) < 4.78 is 1.91. The summed E-state index contributed by atoms with van der Waals surface area (Å²) >= 11 is 1.34. The Kier molecular flexibility index (Phi) is 6.10. The maximum atomic E-state index is 12.5. The number of primary amides is 1. The maximum Gasteiger partial charge on any atom is 0.248 e. The van der Waals surface area contributed by atoms with Gasteiger partial charge in [-0.1, -0.05) is 42.1 Å². The Balaban J connectivity index is 1.61. The Labute approximate surface area is 167 Å². The Morgan fingerprint density at radius 2 is 1.79 bits per heavy atom. The molecule has 1 aromatic heterocycles. The standard InChI is InChI=1S/C20H21N5O2S/c1-13(19(27)22-16-10-8-15(9-11-16)18(21)26)28-20-24-23-17(25(20)2)12-14-6-4-3-5-7-14/h3-11,13H,12H2,1-2H3,(H2,21,26)(H,22,27)/t13-/m0/s1. The topological polar surface area (TPSA) is 103 Å². The molecule has 0 radical (unpaired) electrons. The van der Waals surface area contributed by atoms with Crippen LogP contribution in [0.5, 0.6) is 0 Å². The number of hydrogen-bond donors (Lipinski definition) is 2. The van der Waals surface area contributed by atoms with Gasteiger partial charge >= 0.3 is 0 Å². The molecule has 2 amide bonds. The number of nitrogens with zero attached hydrogens (tertiary/aromatic N) is 3. The molecule has 0 saturated carbocycles. The average molecular weight is 395 g/mol. The van der Waals surface area contributed by atoms with E-state index in [1.165, 1.54) is 11.8 Å². The number of amides is 2. The van der Waals surface area contributed by atoms with Gasteiger partial charge in [-0.2, -0.15) is 0 Å². The van der Waals surface area contributed by atoms with Gasteiger partial charge in [-0.3, -0.25) is 9.59 Å². The van der Waals surface area contributed by atoms with Crippen molar-refractivity contribution in [2.24, 2.45) is 12.8 Å². The largest absolute Gasteiger partial charge is 0.366 e. The van der Waals surface area contributed by atoms with Gasteiger partial charge in [-0.15, -0.1) is 10.2 Å². The molecule has 3 aromatic rings. The van der Waals surface area contributed by atoms with Crippen molar-refractivity contribution in [1.29, 1.82) is 0 Å². The van der Waals surface area contributed by atoms with Crippen LogP contribution in [0.15, 0.2) is 59.8 Å². The summed E-state index contributed by atoms with van der Waals surface area (Å²) in [5.74, 6) is 0.170. The fourth-order valence-electron chi connectivity index (χ4n) is 2.55. The number of aromatic nitrogens is 3. The van der Waals surface area contributed by atoms with Gasteiger partial charge in [0.25, 0.3) is 0 Å². The second-order valence-electron chi connectivity index (χ2n) is 6.31. The lowest BCUT2D eigenvalue weighted by molar-refractivity contribution is -0.115. The van der Waals surface area contributed by atoms with Crippen molar-refractivity contribution in [3.8, 4) is 0 Å². The van der Waals surface area contributed by atoms with Crippen LogP contribution in [-0.4, -0.2) is 31.8 Å². The van der Waals surface area contributed by atoms with Crippen LogP contribution >= 0.6 is 11.8 Å². The molecule has 0 unspecified atom stereocenters. The molecule has 0 fully saturated rings. The molecule has 0 aliphatic heterocycles. The second-order valence-corrected chi connectivity index (χ2v) is 7.62. The van der Waals surface area contributed by atoms with Crippen molar-refractivity contribution in [2.75, 3.05) is 5.32 Å². The van der Waals surface area contributed by atoms with Gasteiger partial charge in [-0.25, -0.2) is 0 Å². The summed E-state index contributed by atoms with van der Waals surface area (Å²) in [6, 6.07) is 16.5. The quantitative estimate of drug-likeness (QED) is 0.599. The fourth-order valence-corrected chi connectivity index (χ4v) is 3.39. The first-order valence-corrected chi connectivity index (χ1v) is 9.61. The van der Waals surface area contributed by atoms with Crippen LogP contribution < -0.4 is 11.1 Å². The summed E-state index contributed by atoms with van der Waals surface area (Å²) in [6.07, 6.45) is 0.678. The van der Waals surface area contributed by atoms with Gasteiger partial charge in [-0.05, 0) is 36.8 Å². The molecule has 0 aliphatic rings. The third-order valence-electron chi connectivity index (χ3n) is 4.22. The number of rotatable bonds is 7. The van der Waals surface area contributed by atoms with E-state index in [2.05, 4.69) is 15.5 Å². The highest BCUT2D eigenvalue weighted by molar-refractivity contribution is 8.00. The highest BCUT2D eigenvalue weighted by Crippen LogP contribution is 2.23. The summed E-state index contributed by atoms with van der Waals surface area (Å²) in [5, 5.41) is 11.6. The van der Waals surface area contributed by atoms with Gasteiger partial charge in [0, 0.05) is 24.7 Å². The molecule has 0 saturated heterocycles. The highest BCUT2D eigenvalue weighted by Gasteiger charge is 2.19. The molecule has 2 aromatic carbocycles. The second kappa shape index (κ2) is 8.71. The molecule has 0 spiro atoms. The molecule has 0 aliphatic carbocycles. The molecule has 3 N–H and O–H groups in total. The molecular formula is C20H21N5O2S. The number of thioether (sulfide) groups is 1. The smallest absolute Gasteiger partial charge is 0.248 e. The number of carbonyl (C=O) groups is 2. The van der Waals surface area contributed by atoms with E-state index in [4.69, 9.17) is 5.73 Å². The van der Waals surface area contributed by atoms with E-state index >= 15 is 0 Å². The lowest BCUT2D eigenvalue weighted by Gasteiger charge is -2.12. The van der Waals surface area contributed by atoms with Gasteiger partial charge < -0.3 is 15.6 Å². The van der Waals surface area contributed by atoms with E-state index in [1.807, 2.05) is 48.9 Å². The number of anilines is 1. The Bertz CT molecular complexity index is 970. The zero-order chi connectivity index (χ0) is 20.1. The van der Waals surface area contributed by atoms with Crippen molar-refractivity contribution in [3.05, 3.63) is 71.5 Å². The Morgan fingerprint density at radius 3 is 2.43 bits per heavy atom.